The van der Waals surface area contributed by atoms with Crippen molar-refractivity contribution in [2.45, 2.75) is 18.6 Å². The van der Waals surface area contributed by atoms with Crippen LogP contribution in [0.15, 0.2) is 0 Å². The van der Waals surface area contributed by atoms with Crippen LogP contribution in [-0.2, 0) is 15.2 Å². The van der Waals surface area contributed by atoms with E-state index in [0.29, 0.717) is 0 Å². The first-order valence-corrected chi connectivity index (χ1v) is 4.03. The molecule has 0 bridgehead atoms. The molecule has 1 atom stereocenters. The predicted molar refractivity (Wildman–Crippen MR) is 31.2 cm³/mol. The van der Waals surface area contributed by atoms with E-state index in [1.54, 1.807) is 0 Å². The Morgan fingerprint density at radius 3 is 2.11 bits per heavy atom. The maximum absolute atomic E-state index is 10.1. The van der Waals surface area contributed by atoms with E-state index >= 15 is 0 Å². The molecule has 0 heterocycles. The molecule has 0 aliphatic rings. The highest BCUT2D eigenvalue weighted by Gasteiger charge is 2.15. The molecule has 0 fully saturated rings. The van der Waals surface area contributed by atoms with Crippen LogP contribution in [0.4, 0.5) is 0 Å². The van der Waals surface area contributed by atoms with E-state index in [1.165, 1.54) is 6.92 Å². The van der Waals surface area contributed by atoms with Crippen molar-refractivity contribution in [1.29, 1.82) is 0 Å². The second-order valence-corrected chi connectivity index (χ2v) is 3.65. The van der Waals surface area contributed by atoms with Gasteiger partial charge in [-0.3, -0.25) is 4.55 Å². The molecule has 4 nitrogen and oxygen atoms in total. The zero-order chi connectivity index (χ0) is 7.49. The summed E-state index contributed by atoms with van der Waals surface area (Å²) in [6.45, 7) is 0.828. The molecule has 55 valence electrons. The normalized spacial score (nSPS) is 15.4. The van der Waals surface area contributed by atoms with Crippen molar-refractivity contribution < 1.29 is 18.1 Å². The molecule has 0 aliphatic carbocycles. The lowest BCUT2D eigenvalue weighted by atomic mass is 10.4. The second kappa shape index (κ2) is 3.14. The first kappa shape index (κ1) is 8.87. The summed E-state index contributed by atoms with van der Waals surface area (Å²) in [5.74, 6) is 0. The third-order valence-electron chi connectivity index (χ3n) is 1.03. The minimum Gasteiger partial charge on any atom is -0.285 e. The van der Waals surface area contributed by atoms with Gasteiger partial charge < -0.3 is 0 Å². The van der Waals surface area contributed by atoms with Crippen LogP contribution in [-0.4, -0.2) is 24.8 Å². The average Bonchev–Trinajstić information content (AvgIpc) is 1.64. The van der Waals surface area contributed by atoms with Gasteiger partial charge in [-0.05, 0) is 13.3 Å². The zero-order valence-electron chi connectivity index (χ0n) is 5.07. The molecule has 1 N–H and O–H groups in total. The highest BCUT2D eigenvalue weighted by Crippen LogP contribution is 2.00. The van der Waals surface area contributed by atoms with Gasteiger partial charge in [0.05, 0.1) is 11.9 Å². The van der Waals surface area contributed by atoms with Gasteiger partial charge in [0, 0.05) is 0 Å². The van der Waals surface area contributed by atoms with E-state index in [0.717, 1.165) is 0 Å². The van der Waals surface area contributed by atoms with E-state index < -0.39 is 22.0 Å². The fourth-order valence-electron chi connectivity index (χ4n) is 0.315. The Morgan fingerprint density at radius 2 is 2.00 bits per heavy atom. The van der Waals surface area contributed by atoms with Crippen LogP contribution in [0.5, 0.6) is 0 Å². The van der Waals surface area contributed by atoms with E-state index in [1.807, 2.05) is 0 Å². The summed E-state index contributed by atoms with van der Waals surface area (Å²) in [6.07, 6.45) is -0.0289. The molecule has 1 unspecified atom stereocenters. The fraction of sp³-hybridized carbons (Fsp3) is 1.00. The molecule has 9 heavy (non-hydrogen) atoms. The molecular weight excluding hydrogens is 144 g/mol. The number of rotatable bonds is 3. The topological polar surface area (TPSA) is 74.3 Å². The highest BCUT2D eigenvalue weighted by molar-refractivity contribution is 7.86. The Balaban J connectivity index is 3.90. The Bertz CT molecular complexity index is 159. The van der Waals surface area contributed by atoms with Crippen LogP contribution in [0, 0.1) is 0 Å². The van der Waals surface area contributed by atoms with Crippen molar-refractivity contribution in [3.8, 4) is 0 Å². The van der Waals surface area contributed by atoms with Gasteiger partial charge in [-0.25, -0.2) is 5.11 Å². The molecule has 0 spiro atoms. The Kier molecular flexibility index (Phi) is 3.10. The molecule has 5 heteroatoms. The third-order valence-corrected chi connectivity index (χ3v) is 2.29. The molecule has 0 amide bonds. The van der Waals surface area contributed by atoms with Crippen molar-refractivity contribution in [2.24, 2.45) is 0 Å². The van der Waals surface area contributed by atoms with Crippen LogP contribution in [0.1, 0.15) is 13.3 Å². The molecule has 0 saturated heterocycles. The van der Waals surface area contributed by atoms with Gasteiger partial charge in [0.25, 0.3) is 10.1 Å². The van der Waals surface area contributed by atoms with Crippen LogP contribution >= 0.6 is 0 Å². The Labute approximate surface area is 54.3 Å². The minimum atomic E-state index is -3.96. The molecule has 0 saturated carbocycles. The summed E-state index contributed by atoms with van der Waals surface area (Å²) >= 11 is 0. The molecule has 0 aliphatic heterocycles. The first-order chi connectivity index (χ1) is 3.98. The van der Waals surface area contributed by atoms with E-state index in [9.17, 15) is 13.5 Å². The Hall–Kier alpha value is -0.130. The summed E-state index contributed by atoms with van der Waals surface area (Å²) < 4.78 is 28.5. The van der Waals surface area contributed by atoms with Crippen molar-refractivity contribution >= 4 is 10.1 Å². The van der Waals surface area contributed by atoms with E-state index in [-0.39, 0.29) is 6.42 Å². The summed E-state index contributed by atoms with van der Waals surface area (Å²) in [7, 11) is -3.96. The van der Waals surface area contributed by atoms with Crippen LogP contribution in [0.2, 0.25) is 0 Å². The maximum Gasteiger partial charge on any atom is 0.267 e. The van der Waals surface area contributed by atoms with Gasteiger partial charge in [0.1, 0.15) is 0 Å². The zero-order valence-corrected chi connectivity index (χ0v) is 5.89. The van der Waals surface area contributed by atoms with E-state index in [4.69, 9.17) is 4.55 Å². The SMILES string of the molecule is CC(CC[O])S(=O)(=O)O. The quantitative estimate of drug-likeness (QED) is 0.583. The molecule has 0 aromatic rings. The standard InChI is InChI=1S/C4H9O4S/c1-4(2-3-5)9(6,7)8/h4H,2-3H2,1H3,(H,6,7,8). The maximum atomic E-state index is 10.1. The van der Waals surface area contributed by atoms with Crippen molar-refractivity contribution in [3.63, 3.8) is 0 Å². The average molecular weight is 153 g/mol. The van der Waals surface area contributed by atoms with Crippen LogP contribution in [0.25, 0.3) is 0 Å². The highest BCUT2D eigenvalue weighted by atomic mass is 32.2. The lowest BCUT2D eigenvalue weighted by Crippen LogP contribution is -2.17. The Morgan fingerprint density at radius 1 is 1.56 bits per heavy atom. The minimum absolute atomic E-state index is 0.0289. The lowest BCUT2D eigenvalue weighted by Gasteiger charge is -2.02. The second-order valence-electron chi connectivity index (χ2n) is 1.82. The van der Waals surface area contributed by atoms with Crippen molar-refractivity contribution in [3.05, 3.63) is 0 Å². The predicted octanol–water partition coefficient (Wildman–Crippen LogP) is 0.0833. The third kappa shape index (κ3) is 3.45. The molecule has 1 radical (unpaired) electrons. The number of hydrogen-bond acceptors (Lipinski definition) is 2. The number of hydrogen-bond donors (Lipinski definition) is 1. The van der Waals surface area contributed by atoms with Gasteiger partial charge in [0.15, 0.2) is 0 Å². The summed E-state index contributed by atoms with van der Waals surface area (Å²) in [6, 6.07) is 0. The fourth-order valence-corrected chi connectivity index (χ4v) is 0.709. The largest absolute Gasteiger partial charge is 0.285 e. The molecule has 0 rings (SSSR count). The summed E-state index contributed by atoms with van der Waals surface area (Å²) in [5.41, 5.74) is 0. The molecule has 0 aromatic heterocycles. The molecule has 0 aromatic carbocycles. The smallest absolute Gasteiger partial charge is 0.267 e. The summed E-state index contributed by atoms with van der Waals surface area (Å²) in [5, 5.41) is 8.89. The molecular formula is C4H9O4S. The van der Waals surface area contributed by atoms with Crippen molar-refractivity contribution in [1.82, 2.24) is 0 Å². The van der Waals surface area contributed by atoms with E-state index in [2.05, 4.69) is 0 Å². The summed E-state index contributed by atoms with van der Waals surface area (Å²) in [4.78, 5) is 0. The monoisotopic (exact) mass is 153 g/mol. The van der Waals surface area contributed by atoms with Gasteiger partial charge in [-0.2, -0.15) is 8.42 Å². The van der Waals surface area contributed by atoms with Gasteiger partial charge >= 0.3 is 0 Å². The first-order valence-electron chi connectivity index (χ1n) is 2.53. The van der Waals surface area contributed by atoms with Gasteiger partial charge in [0.2, 0.25) is 0 Å². The van der Waals surface area contributed by atoms with Crippen LogP contribution < -0.4 is 0 Å². The van der Waals surface area contributed by atoms with Gasteiger partial charge in [-0.1, -0.05) is 0 Å². The van der Waals surface area contributed by atoms with Crippen molar-refractivity contribution in [2.75, 3.05) is 6.61 Å². The lowest BCUT2D eigenvalue weighted by molar-refractivity contribution is 0.188. The van der Waals surface area contributed by atoms with Crippen LogP contribution in [0.3, 0.4) is 0 Å². The van der Waals surface area contributed by atoms with Gasteiger partial charge in [-0.15, -0.1) is 0 Å².